The Morgan fingerprint density at radius 1 is 1.54 bits per heavy atom. The molecule has 1 rings (SSSR count). The van der Waals surface area contributed by atoms with E-state index in [9.17, 15) is 9.59 Å². The molecule has 0 aromatic rings. The van der Waals surface area contributed by atoms with Crippen LogP contribution in [-0.4, -0.2) is 46.4 Å². The van der Waals surface area contributed by atoms with Gasteiger partial charge in [0.1, 0.15) is 6.10 Å². The SMILES string of the molecule is CC(=O)C([SiH3])(OCC1CO1)C(C)=O. The van der Waals surface area contributed by atoms with E-state index in [1.165, 1.54) is 13.8 Å². The second kappa shape index (κ2) is 3.69. The molecule has 0 saturated carbocycles. The van der Waals surface area contributed by atoms with Gasteiger partial charge in [-0.05, 0) is 13.8 Å². The van der Waals surface area contributed by atoms with Crippen molar-refractivity contribution in [2.75, 3.05) is 13.2 Å². The number of ketones is 2. The Morgan fingerprint density at radius 2 is 2.00 bits per heavy atom. The van der Waals surface area contributed by atoms with Gasteiger partial charge in [-0.25, -0.2) is 0 Å². The van der Waals surface area contributed by atoms with Gasteiger partial charge >= 0.3 is 0 Å². The van der Waals surface area contributed by atoms with Gasteiger partial charge in [-0.2, -0.15) is 0 Å². The lowest BCUT2D eigenvalue weighted by molar-refractivity contribution is -0.145. The highest BCUT2D eigenvalue weighted by molar-refractivity contribution is 6.40. The van der Waals surface area contributed by atoms with Crippen LogP contribution in [0.1, 0.15) is 13.8 Å². The first-order valence-corrected chi connectivity index (χ1v) is 5.24. The topological polar surface area (TPSA) is 55.9 Å². The van der Waals surface area contributed by atoms with Crippen molar-refractivity contribution < 1.29 is 19.1 Å². The molecule has 1 atom stereocenters. The zero-order valence-electron chi connectivity index (χ0n) is 8.12. The summed E-state index contributed by atoms with van der Waals surface area (Å²) in [5, 5.41) is -1.15. The summed E-state index contributed by atoms with van der Waals surface area (Å²) in [5.74, 6) is -0.403. The van der Waals surface area contributed by atoms with Crippen molar-refractivity contribution in [3.63, 3.8) is 0 Å². The smallest absolute Gasteiger partial charge is 0.164 e. The fourth-order valence-corrected chi connectivity index (χ4v) is 1.04. The largest absolute Gasteiger partial charge is 0.371 e. The van der Waals surface area contributed by atoms with E-state index < -0.39 is 5.22 Å². The number of carbonyl (C=O) groups is 2. The molecule has 1 unspecified atom stereocenters. The molecule has 0 spiro atoms. The van der Waals surface area contributed by atoms with Crippen molar-refractivity contribution in [3.05, 3.63) is 0 Å². The minimum absolute atomic E-state index is 0.0898. The molecule has 74 valence electrons. The summed E-state index contributed by atoms with van der Waals surface area (Å²) >= 11 is 0. The molecule has 0 radical (unpaired) electrons. The van der Waals surface area contributed by atoms with Crippen LogP contribution >= 0.6 is 0 Å². The number of hydrogen-bond acceptors (Lipinski definition) is 4. The summed E-state index contributed by atoms with van der Waals surface area (Å²) in [6.07, 6.45) is 0.0898. The zero-order chi connectivity index (χ0) is 10.1. The minimum Gasteiger partial charge on any atom is -0.371 e. The number of rotatable bonds is 5. The predicted molar refractivity (Wildman–Crippen MR) is 49.7 cm³/mol. The monoisotopic (exact) mass is 202 g/mol. The molecular formula is C8H14O4Si. The number of hydrogen-bond donors (Lipinski definition) is 0. The van der Waals surface area contributed by atoms with Crippen LogP contribution in [0.2, 0.25) is 0 Å². The highest BCUT2D eigenvalue weighted by Crippen LogP contribution is 2.15. The van der Waals surface area contributed by atoms with Crippen molar-refractivity contribution >= 4 is 21.8 Å². The lowest BCUT2D eigenvalue weighted by Gasteiger charge is -2.23. The van der Waals surface area contributed by atoms with Gasteiger partial charge in [-0.15, -0.1) is 0 Å². The lowest BCUT2D eigenvalue weighted by atomic mass is 10.1. The number of ether oxygens (including phenoxy) is 2. The molecule has 0 aromatic heterocycles. The summed E-state index contributed by atoms with van der Waals surface area (Å²) in [7, 11) is 0.394. The van der Waals surface area contributed by atoms with Gasteiger partial charge in [0.15, 0.2) is 16.8 Å². The Hall–Kier alpha value is -0.523. The van der Waals surface area contributed by atoms with Gasteiger partial charge in [0.25, 0.3) is 0 Å². The third kappa shape index (κ3) is 2.46. The van der Waals surface area contributed by atoms with Crippen molar-refractivity contribution in [1.29, 1.82) is 0 Å². The normalized spacial score (nSPS) is 21.5. The predicted octanol–water partition coefficient (Wildman–Crippen LogP) is -1.36. The summed E-state index contributed by atoms with van der Waals surface area (Å²) < 4.78 is 10.2. The molecule has 0 aliphatic carbocycles. The molecule has 1 saturated heterocycles. The third-order valence-electron chi connectivity index (χ3n) is 2.30. The van der Waals surface area contributed by atoms with Crippen molar-refractivity contribution in [2.45, 2.75) is 25.2 Å². The van der Waals surface area contributed by atoms with E-state index in [0.717, 1.165) is 0 Å². The van der Waals surface area contributed by atoms with E-state index >= 15 is 0 Å². The molecule has 0 N–H and O–H groups in total. The van der Waals surface area contributed by atoms with Crippen LogP contribution in [0.15, 0.2) is 0 Å². The Kier molecular flexibility index (Phi) is 3.00. The molecule has 0 bridgehead atoms. The fourth-order valence-electron chi connectivity index (χ4n) is 0.875. The highest BCUT2D eigenvalue weighted by atomic mass is 28.1. The lowest BCUT2D eigenvalue weighted by Crippen LogP contribution is -2.48. The van der Waals surface area contributed by atoms with Crippen molar-refractivity contribution in [3.8, 4) is 0 Å². The molecule has 0 amide bonds. The molecule has 1 aliphatic heterocycles. The number of carbonyl (C=O) groups excluding carboxylic acids is 2. The molecule has 1 fully saturated rings. The fraction of sp³-hybridized carbons (Fsp3) is 0.750. The quantitative estimate of drug-likeness (QED) is 0.314. The summed E-state index contributed by atoms with van der Waals surface area (Å²) in [5.41, 5.74) is 0. The average molecular weight is 202 g/mol. The number of epoxide rings is 1. The maximum atomic E-state index is 11.2. The van der Waals surface area contributed by atoms with Crippen LogP contribution in [0.5, 0.6) is 0 Å². The Bertz CT molecular complexity index is 220. The second-order valence-corrected chi connectivity index (χ2v) is 4.82. The highest BCUT2D eigenvalue weighted by Gasteiger charge is 2.38. The van der Waals surface area contributed by atoms with Gasteiger partial charge in [0, 0.05) is 0 Å². The van der Waals surface area contributed by atoms with Crippen LogP contribution in [0.25, 0.3) is 0 Å². The maximum Gasteiger partial charge on any atom is 0.164 e. The van der Waals surface area contributed by atoms with Crippen LogP contribution in [0.3, 0.4) is 0 Å². The molecule has 1 heterocycles. The van der Waals surface area contributed by atoms with Crippen LogP contribution in [0, 0.1) is 0 Å². The molecule has 4 nitrogen and oxygen atoms in total. The minimum atomic E-state index is -1.15. The van der Waals surface area contributed by atoms with E-state index in [2.05, 4.69) is 0 Å². The molecule has 1 aliphatic rings. The van der Waals surface area contributed by atoms with Crippen LogP contribution < -0.4 is 0 Å². The van der Waals surface area contributed by atoms with E-state index in [0.29, 0.717) is 23.5 Å². The number of Topliss-reactive ketones (excluding diaryl/α,β-unsaturated/α-hetero) is 2. The zero-order valence-corrected chi connectivity index (χ0v) is 10.1. The molecular weight excluding hydrogens is 188 g/mol. The Labute approximate surface area is 80.0 Å². The molecule has 5 heteroatoms. The van der Waals surface area contributed by atoms with Crippen LogP contribution in [-0.2, 0) is 19.1 Å². The first kappa shape index (κ1) is 10.6. The Balaban J connectivity index is 2.54. The molecule has 0 aromatic carbocycles. The first-order chi connectivity index (χ1) is 5.97. The summed E-state index contributed by atoms with van der Waals surface area (Å²) in [6, 6.07) is 0. The summed E-state index contributed by atoms with van der Waals surface area (Å²) in [4.78, 5) is 22.4. The van der Waals surface area contributed by atoms with Crippen LogP contribution in [0.4, 0.5) is 0 Å². The molecule has 13 heavy (non-hydrogen) atoms. The maximum absolute atomic E-state index is 11.2. The summed E-state index contributed by atoms with van der Waals surface area (Å²) in [6.45, 7) is 3.81. The van der Waals surface area contributed by atoms with Gasteiger partial charge in [-0.1, -0.05) is 0 Å². The van der Waals surface area contributed by atoms with Gasteiger partial charge < -0.3 is 9.47 Å². The second-order valence-electron chi connectivity index (χ2n) is 3.41. The van der Waals surface area contributed by atoms with E-state index in [-0.39, 0.29) is 17.7 Å². The van der Waals surface area contributed by atoms with Crippen molar-refractivity contribution in [2.24, 2.45) is 0 Å². The standard InChI is InChI=1S/C8H14O4Si/c1-5(9)8(13,6(2)10)12-4-7-3-11-7/h7H,3-4H2,1-2,13H3. The first-order valence-electron chi connectivity index (χ1n) is 4.24. The third-order valence-corrected chi connectivity index (χ3v) is 4.00. The van der Waals surface area contributed by atoms with E-state index in [1.807, 2.05) is 0 Å². The van der Waals surface area contributed by atoms with E-state index in [4.69, 9.17) is 9.47 Å². The van der Waals surface area contributed by atoms with Gasteiger partial charge in [0.2, 0.25) is 0 Å². The van der Waals surface area contributed by atoms with Gasteiger partial charge in [0.05, 0.1) is 23.5 Å². The van der Waals surface area contributed by atoms with E-state index in [1.54, 1.807) is 0 Å². The van der Waals surface area contributed by atoms with Crippen molar-refractivity contribution in [1.82, 2.24) is 0 Å². The Morgan fingerprint density at radius 3 is 2.31 bits per heavy atom. The van der Waals surface area contributed by atoms with Gasteiger partial charge in [-0.3, -0.25) is 9.59 Å². The average Bonchev–Trinajstić information content (AvgIpc) is 2.82.